The lowest BCUT2D eigenvalue weighted by Gasteiger charge is -2.21. The van der Waals surface area contributed by atoms with Crippen molar-refractivity contribution in [3.63, 3.8) is 0 Å². The van der Waals surface area contributed by atoms with Gasteiger partial charge in [-0.2, -0.15) is 0 Å². The van der Waals surface area contributed by atoms with E-state index in [1.54, 1.807) is 24.3 Å². The summed E-state index contributed by atoms with van der Waals surface area (Å²) in [6.07, 6.45) is 1.17. The Morgan fingerprint density at radius 2 is 1.90 bits per heavy atom. The fourth-order valence-corrected chi connectivity index (χ4v) is 2.25. The molecule has 1 aliphatic heterocycles. The zero-order valence-corrected chi connectivity index (χ0v) is 11.1. The van der Waals surface area contributed by atoms with Crippen LogP contribution in [0.2, 0.25) is 0 Å². The SMILES string of the molecule is CC(=O)c1ccc(NC(=O)N2CCCC2C(=O)O)cc1. The Bertz CT molecular complexity index is 539. The van der Waals surface area contributed by atoms with E-state index in [9.17, 15) is 14.4 Å². The van der Waals surface area contributed by atoms with Crippen molar-refractivity contribution in [3.8, 4) is 0 Å². The normalized spacial score (nSPS) is 17.9. The van der Waals surface area contributed by atoms with E-state index >= 15 is 0 Å². The summed E-state index contributed by atoms with van der Waals surface area (Å²) in [5.41, 5.74) is 1.10. The van der Waals surface area contributed by atoms with Gasteiger partial charge in [-0.15, -0.1) is 0 Å². The lowest BCUT2D eigenvalue weighted by Crippen LogP contribution is -2.42. The van der Waals surface area contributed by atoms with Crippen LogP contribution in [0.25, 0.3) is 0 Å². The Balaban J connectivity index is 2.04. The van der Waals surface area contributed by atoms with Crippen molar-refractivity contribution < 1.29 is 19.5 Å². The molecule has 20 heavy (non-hydrogen) atoms. The van der Waals surface area contributed by atoms with Crippen LogP contribution in [0.5, 0.6) is 0 Å². The van der Waals surface area contributed by atoms with Crippen molar-refractivity contribution in [3.05, 3.63) is 29.8 Å². The maximum Gasteiger partial charge on any atom is 0.326 e. The van der Waals surface area contributed by atoms with Gasteiger partial charge >= 0.3 is 12.0 Å². The minimum absolute atomic E-state index is 0.0478. The number of amides is 2. The van der Waals surface area contributed by atoms with Crippen LogP contribution in [0.15, 0.2) is 24.3 Å². The molecule has 0 saturated carbocycles. The van der Waals surface area contributed by atoms with E-state index < -0.39 is 18.0 Å². The molecule has 6 nitrogen and oxygen atoms in total. The van der Waals surface area contributed by atoms with Gasteiger partial charge in [-0.05, 0) is 44.0 Å². The number of ketones is 1. The van der Waals surface area contributed by atoms with Crippen LogP contribution < -0.4 is 5.32 Å². The minimum atomic E-state index is -0.982. The molecule has 106 valence electrons. The summed E-state index contributed by atoms with van der Waals surface area (Å²) in [6, 6.07) is 5.31. The Labute approximate surface area is 116 Å². The fraction of sp³-hybridized carbons (Fsp3) is 0.357. The molecule has 1 aromatic rings. The fourth-order valence-electron chi connectivity index (χ4n) is 2.25. The van der Waals surface area contributed by atoms with Gasteiger partial charge in [-0.1, -0.05) is 0 Å². The summed E-state index contributed by atoms with van der Waals surface area (Å²) >= 11 is 0. The number of carboxylic acid groups (broad SMARTS) is 1. The number of aliphatic carboxylic acids is 1. The maximum atomic E-state index is 12.0. The first-order valence-corrected chi connectivity index (χ1v) is 6.40. The van der Waals surface area contributed by atoms with E-state index in [4.69, 9.17) is 5.11 Å². The topological polar surface area (TPSA) is 86.7 Å². The smallest absolute Gasteiger partial charge is 0.326 e. The number of carbonyl (C=O) groups excluding carboxylic acids is 2. The summed E-state index contributed by atoms with van der Waals surface area (Å²) in [6.45, 7) is 1.91. The maximum absolute atomic E-state index is 12.0. The average molecular weight is 276 g/mol. The number of carboxylic acids is 1. The van der Waals surface area contributed by atoms with Gasteiger partial charge in [-0.3, -0.25) is 4.79 Å². The molecule has 1 atom stereocenters. The van der Waals surface area contributed by atoms with Crippen molar-refractivity contribution in [1.29, 1.82) is 0 Å². The molecule has 0 aliphatic carbocycles. The molecule has 0 aromatic heterocycles. The van der Waals surface area contributed by atoms with E-state index in [2.05, 4.69) is 5.32 Å². The first kappa shape index (κ1) is 14.0. The molecule has 0 bridgehead atoms. The molecule has 2 rings (SSSR count). The van der Waals surface area contributed by atoms with Crippen LogP contribution in [0.1, 0.15) is 30.1 Å². The van der Waals surface area contributed by atoms with Crippen molar-refractivity contribution in [2.45, 2.75) is 25.8 Å². The zero-order valence-electron chi connectivity index (χ0n) is 11.1. The van der Waals surface area contributed by atoms with Crippen molar-refractivity contribution in [2.24, 2.45) is 0 Å². The molecule has 0 spiro atoms. The standard InChI is InChI=1S/C14H16N2O4/c1-9(17)10-4-6-11(7-5-10)15-14(20)16-8-2-3-12(16)13(18)19/h4-7,12H,2-3,8H2,1H3,(H,15,20)(H,18,19). The first-order chi connectivity index (χ1) is 9.49. The molecule has 1 aromatic carbocycles. The van der Waals surface area contributed by atoms with E-state index in [1.165, 1.54) is 11.8 Å². The summed E-state index contributed by atoms with van der Waals surface area (Å²) < 4.78 is 0. The van der Waals surface area contributed by atoms with Gasteiger partial charge in [-0.25, -0.2) is 9.59 Å². The molecular weight excluding hydrogens is 260 g/mol. The molecule has 1 saturated heterocycles. The second-order valence-corrected chi connectivity index (χ2v) is 4.75. The van der Waals surface area contributed by atoms with Crippen LogP contribution >= 0.6 is 0 Å². The van der Waals surface area contributed by atoms with Crippen LogP contribution in [0, 0.1) is 0 Å². The third kappa shape index (κ3) is 2.96. The molecule has 1 heterocycles. The van der Waals surface area contributed by atoms with Gasteiger partial charge in [0.15, 0.2) is 5.78 Å². The number of nitrogens with zero attached hydrogens (tertiary/aromatic N) is 1. The van der Waals surface area contributed by atoms with Crippen molar-refractivity contribution in [2.75, 3.05) is 11.9 Å². The van der Waals surface area contributed by atoms with Crippen molar-refractivity contribution >= 4 is 23.5 Å². The molecule has 1 unspecified atom stereocenters. The highest BCUT2D eigenvalue weighted by molar-refractivity contribution is 5.96. The number of nitrogens with one attached hydrogen (secondary N) is 1. The van der Waals surface area contributed by atoms with Crippen LogP contribution in [0.3, 0.4) is 0 Å². The Morgan fingerprint density at radius 3 is 2.45 bits per heavy atom. The number of carbonyl (C=O) groups is 3. The lowest BCUT2D eigenvalue weighted by molar-refractivity contribution is -0.141. The van der Waals surface area contributed by atoms with Crippen molar-refractivity contribution in [1.82, 2.24) is 4.90 Å². The predicted octanol–water partition coefficient (Wildman–Crippen LogP) is 1.97. The predicted molar refractivity (Wildman–Crippen MR) is 72.8 cm³/mol. The van der Waals surface area contributed by atoms with Gasteiger partial charge in [0, 0.05) is 17.8 Å². The van der Waals surface area contributed by atoms with E-state index in [0.717, 1.165) is 0 Å². The summed E-state index contributed by atoms with van der Waals surface area (Å²) in [7, 11) is 0. The van der Waals surface area contributed by atoms with Crippen LogP contribution in [-0.4, -0.2) is 40.4 Å². The molecule has 6 heteroatoms. The highest BCUT2D eigenvalue weighted by atomic mass is 16.4. The van der Waals surface area contributed by atoms with E-state index in [1.807, 2.05) is 0 Å². The molecule has 0 radical (unpaired) electrons. The summed E-state index contributed by atoms with van der Waals surface area (Å²) in [4.78, 5) is 35.5. The highest BCUT2D eigenvalue weighted by Gasteiger charge is 2.33. The number of urea groups is 1. The Morgan fingerprint density at radius 1 is 1.25 bits per heavy atom. The molecule has 1 aliphatic rings. The second-order valence-electron chi connectivity index (χ2n) is 4.75. The van der Waals surface area contributed by atoms with Gasteiger partial charge in [0.05, 0.1) is 0 Å². The van der Waals surface area contributed by atoms with Crippen LogP contribution in [0.4, 0.5) is 10.5 Å². The molecule has 2 N–H and O–H groups in total. The van der Waals surface area contributed by atoms with Gasteiger partial charge in [0.1, 0.15) is 6.04 Å². The third-order valence-corrected chi connectivity index (χ3v) is 3.34. The number of Topliss-reactive ketones (excluding diaryl/α,β-unsaturated/α-hetero) is 1. The number of hydrogen-bond donors (Lipinski definition) is 2. The number of hydrogen-bond acceptors (Lipinski definition) is 3. The third-order valence-electron chi connectivity index (χ3n) is 3.34. The van der Waals surface area contributed by atoms with E-state index in [-0.39, 0.29) is 5.78 Å². The highest BCUT2D eigenvalue weighted by Crippen LogP contribution is 2.19. The number of likely N-dealkylation sites (tertiary alicyclic amines) is 1. The van der Waals surface area contributed by atoms with Gasteiger partial charge < -0.3 is 15.3 Å². The zero-order chi connectivity index (χ0) is 14.7. The quantitative estimate of drug-likeness (QED) is 0.826. The Hall–Kier alpha value is -2.37. The number of rotatable bonds is 3. The monoisotopic (exact) mass is 276 g/mol. The molecule has 2 amide bonds. The Kier molecular flexibility index (Phi) is 4.02. The van der Waals surface area contributed by atoms with Gasteiger partial charge in [0.2, 0.25) is 0 Å². The summed E-state index contributed by atoms with van der Waals surface area (Å²) in [5, 5.41) is 11.7. The van der Waals surface area contributed by atoms with Crippen LogP contribution in [-0.2, 0) is 4.79 Å². The van der Waals surface area contributed by atoms with E-state index in [0.29, 0.717) is 30.6 Å². The largest absolute Gasteiger partial charge is 0.480 e. The minimum Gasteiger partial charge on any atom is -0.480 e. The summed E-state index contributed by atoms with van der Waals surface area (Å²) in [5.74, 6) is -1.03. The lowest BCUT2D eigenvalue weighted by atomic mass is 10.1. The number of anilines is 1. The molecular formula is C14H16N2O4. The molecule has 1 fully saturated rings. The second kappa shape index (κ2) is 5.73. The average Bonchev–Trinajstić information content (AvgIpc) is 2.88. The first-order valence-electron chi connectivity index (χ1n) is 6.40. The van der Waals surface area contributed by atoms with Gasteiger partial charge in [0.25, 0.3) is 0 Å². The number of benzene rings is 1.